The van der Waals surface area contributed by atoms with Gasteiger partial charge in [-0.3, -0.25) is 10.1 Å². The highest BCUT2D eigenvalue weighted by Crippen LogP contribution is 2.28. The Balaban J connectivity index is 1.90. The zero-order chi connectivity index (χ0) is 24.0. The van der Waals surface area contributed by atoms with E-state index in [1.54, 1.807) is 17.5 Å². The molecule has 3 aromatic rings. The van der Waals surface area contributed by atoms with Crippen LogP contribution in [0, 0.1) is 21.4 Å². The first-order valence-corrected chi connectivity index (χ1v) is 10.1. The first-order valence-electron chi connectivity index (χ1n) is 9.25. The van der Waals surface area contributed by atoms with Crippen LogP contribution in [0.4, 0.5) is 11.4 Å². The van der Waals surface area contributed by atoms with Crippen molar-refractivity contribution in [3.63, 3.8) is 0 Å². The summed E-state index contributed by atoms with van der Waals surface area (Å²) in [7, 11) is 2.44. The first-order chi connectivity index (χ1) is 15.9. The van der Waals surface area contributed by atoms with Crippen LogP contribution in [0.5, 0.6) is 0 Å². The van der Waals surface area contributed by atoms with E-state index in [2.05, 4.69) is 10.3 Å². The Bertz CT molecular complexity index is 1270. The molecule has 0 fully saturated rings. The number of ether oxygens (including phenoxy) is 2. The average molecular weight is 464 g/mol. The van der Waals surface area contributed by atoms with Crippen LogP contribution in [0.15, 0.2) is 54.0 Å². The second kappa shape index (κ2) is 10.2. The number of carbonyl (C=O) groups is 2. The van der Waals surface area contributed by atoms with Crippen molar-refractivity contribution in [2.75, 3.05) is 19.5 Å². The predicted octanol–water partition coefficient (Wildman–Crippen LogP) is 4.27. The molecule has 10 nitrogen and oxygen atoms in total. The summed E-state index contributed by atoms with van der Waals surface area (Å²) in [6.45, 7) is 0. The Labute approximate surface area is 191 Å². The Morgan fingerprint density at radius 3 is 2.39 bits per heavy atom. The summed E-state index contributed by atoms with van der Waals surface area (Å²) in [5, 5.41) is 25.5. The monoisotopic (exact) mass is 464 g/mol. The van der Waals surface area contributed by atoms with Gasteiger partial charge in [-0.2, -0.15) is 5.26 Å². The molecule has 1 aromatic heterocycles. The van der Waals surface area contributed by atoms with E-state index in [1.165, 1.54) is 62.1 Å². The Morgan fingerprint density at radius 2 is 1.82 bits per heavy atom. The lowest BCUT2D eigenvalue weighted by atomic mass is 10.1. The van der Waals surface area contributed by atoms with E-state index in [1.807, 2.05) is 6.07 Å². The molecule has 0 aliphatic carbocycles. The van der Waals surface area contributed by atoms with Crippen LogP contribution in [0.3, 0.4) is 0 Å². The normalized spacial score (nSPS) is 10.8. The lowest BCUT2D eigenvalue weighted by Gasteiger charge is -2.08. The molecule has 0 bridgehead atoms. The van der Waals surface area contributed by atoms with E-state index in [4.69, 9.17) is 9.47 Å². The van der Waals surface area contributed by atoms with Crippen LogP contribution >= 0.6 is 11.3 Å². The van der Waals surface area contributed by atoms with Crippen LogP contribution in [0.25, 0.3) is 16.8 Å². The molecule has 0 spiro atoms. The molecule has 33 heavy (non-hydrogen) atoms. The van der Waals surface area contributed by atoms with Crippen molar-refractivity contribution < 1.29 is 24.0 Å². The molecule has 0 radical (unpaired) electrons. The molecule has 0 aliphatic rings. The highest BCUT2D eigenvalue weighted by atomic mass is 32.1. The number of hydrogen-bond donors (Lipinski definition) is 1. The minimum absolute atomic E-state index is 0.0633. The molecule has 2 aromatic carbocycles. The number of nitro benzene ring substituents is 1. The third-order valence-electron chi connectivity index (χ3n) is 4.37. The standard InChI is InChI=1S/C22H16N4O6S/c1-31-21(27)14-6-15(22(28)32-2)8-17(7-14)24-11-16(10-23)20-25-19(12-33-20)13-4-3-5-18(9-13)26(29)30/h3-9,11-12,24H,1-2H3/b16-11-. The summed E-state index contributed by atoms with van der Waals surface area (Å²) in [4.78, 5) is 38.8. The summed E-state index contributed by atoms with van der Waals surface area (Å²) < 4.78 is 9.41. The number of anilines is 1. The van der Waals surface area contributed by atoms with Crippen molar-refractivity contribution in [3.05, 3.63) is 80.3 Å². The maximum absolute atomic E-state index is 11.9. The van der Waals surface area contributed by atoms with E-state index in [-0.39, 0.29) is 22.4 Å². The fraction of sp³-hybridized carbons (Fsp3) is 0.0909. The molecule has 3 rings (SSSR count). The molecule has 0 saturated heterocycles. The van der Waals surface area contributed by atoms with E-state index in [0.717, 1.165) is 0 Å². The number of hydrogen-bond acceptors (Lipinski definition) is 10. The highest BCUT2D eigenvalue weighted by molar-refractivity contribution is 7.11. The van der Waals surface area contributed by atoms with Crippen molar-refractivity contribution in [2.45, 2.75) is 0 Å². The number of benzene rings is 2. The second-order valence-corrected chi connectivity index (χ2v) is 7.30. The lowest BCUT2D eigenvalue weighted by molar-refractivity contribution is -0.384. The molecule has 0 atom stereocenters. The molecule has 0 amide bonds. The van der Waals surface area contributed by atoms with Crippen molar-refractivity contribution in [3.8, 4) is 17.3 Å². The number of methoxy groups -OCH3 is 2. The SMILES string of the molecule is COC(=O)c1cc(N/C=C(/C#N)c2nc(-c3cccc([N+](=O)[O-])c3)cs2)cc(C(=O)OC)c1. The molecular formula is C22H16N4O6S. The van der Waals surface area contributed by atoms with Crippen molar-refractivity contribution in [2.24, 2.45) is 0 Å². The zero-order valence-electron chi connectivity index (χ0n) is 17.4. The zero-order valence-corrected chi connectivity index (χ0v) is 18.2. The summed E-state index contributed by atoms with van der Waals surface area (Å²) in [5.41, 5.74) is 1.74. The van der Waals surface area contributed by atoms with Crippen LogP contribution in [0.2, 0.25) is 0 Å². The predicted molar refractivity (Wildman–Crippen MR) is 121 cm³/mol. The number of rotatable bonds is 7. The largest absolute Gasteiger partial charge is 0.465 e. The van der Waals surface area contributed by atoms with E-state index in [9.17, 15) is 25.0 Å². The quantitative estimate of drug-likeness (QED) is 0.234. The van der Waals surface area contributed by atoms with Crippen LogP contribution in [-0.2, 0) is 9.47 Å². The van der Waals surface area contributed by atoms with Gasteiger partial charge in [0.1, 0.15) is 16.6 Å². The number of thiazole rings is 1. The summed E-state index contributed by atoms with van der Waals surface area (Å²) in [5.74, 6) is -1.29. The molecule has 0 saturated carbocycles. The maximum atomic E-state index is 11.9. The van der Waals surface area contributed by atoms with Gasteiger partial charge < -0.3 is 14.8 Å². The minimum Gasteiger partial charge on any atom is -0.465 e. The van der Waals surface area contributed by atoms with Gasteiger partial charge in [-0.05, 0) is 18.2 Å². The number of esters is 2. The molecule has 0 unspecified atom stereocenters. The fourth-order valence-corrected chi connectivity index (χ4v) is 3.58. The summed E-state index contributed by atoms with van der Waals surface area (Å²) in [6.07, 6.45) is 1.38. The molecule has 0 aliphatic heterocycles. The van der Waals surface area contributed by atoms with Gasteiger partial charge >= 0.3 is 11.9 Å². The number of allylic oxidation sites excluding steroid dienone is 1. The number of non-ortho nitro benzene ring substituents is 1. The van der Waals surface area contributed by atoms with Crippen molar-refractivity contribution in [1.29, 1.82) is 5.26 Å². The summed E-state index contributed by atoms with van der Waals surface area (Å²) in [6, 6.07) is 12.3. The number of nitriles is 1. The number of aromatic nitrogens is 1. The van der Waals surface area contributed by atoms with Crippen LogP contribution in [0.1, 0.15) is 25.7 Å². The molecule has 166 valence electrons. The Morgan fingerprint density at radius 1 is 1.15 bits per heavy atom. The number of nitro groups is 1. The number of nitrogens with one attached hydrogen (secondary N) is 1. The van der Waals surface area contributed by atoms with E-state index >= 15 is 0 Å². The van der Waals surface area contributed by atoms with Gasteiger partial charge in [0.2, 0.25) is 0 Å². The molecule has 11 heteroatoms. The van der Waals surface area contributed by atoms with Gasteiger partial charge in [0.05, 0.1) is 36.0 Å². The van der Waals surface area contributed by atoms with E-state index in [0.29, 0.717) is 22.0 Å². The number of carbonyl (C=O) groups excluding carboxylic acids is 2. The van der Waals surface area contributed by atoms with Crippen molar-refractivity contribution in [1.82, 2.24) is 4.98 Å². The van der Waals surface area contributed by atoms with E-state index < -0.39 is 16.9 Å². The highest BCUT2D eigenvalue weighted by Gasteiger charge is 2.15. The third kappa shape index (κ3) is 5.38. The minimum atomic E-state index is -0.644. The van der Waals surface area contributed by atoms with Gasteiger partial charge in [0.15, 0.2) is 0 Å². The lowest BCUT2D eigenvalue weighted by Crippen LogP contribution is -2.07. The molecule has 1 N–H and O–H groups in total. The fourth-order valence-electron chi connectivity index (χ4n) is 2.79. The van der Waals surface area contributed by atoms with Gasteiger partial charge in [-0.1, -0.05) is 12.1 Å². The number of nitrogens with zero attached hydrogens (tertiary/aromatic N) is 3. The molecular weight excluding hydrogens is 448 g/mol. The third-order valence-corrected chi connectivity index (χ3v) is 5.24. The summed E-state index contributed by atoms with van der Waals surface area (Å²) >= 11 is 1.19. The topological polar surface area (TPSA) is 144 Å². The smallest absolute Gasteiger partial charge is 0.337 e. The van der Waals surface area contributed by atoms with Crippen LogP contribution in [-0.4, -0.2) is 36.1 Å². The van der Waals surface area contributed by atoms with Gasteiger partial charge in [-0.25, -0.2) is 14.6 Å². The average Bonchev–Trinajstić information content (AvgIpc) is 3.33. The maximum Gasteiger partial charge on any atom is 0.337 e. The van der Waals surface area contributed by atoms with Crippen molar-refractivity contribution >= 4 is 40.2 Å². The van der Waals surface area contributed by atoms with Gasteiger partial charge in [-0.15, -0.1) is 11.3 Å². The van der Waals surface area contributed by atoms with Gasteiger partial charge in [0.25, 0.3) is 5.69 Å². The Hall–Kier alpha value is -4.56. The molecule has 1 heterocycles. The second-order valence-electron chi connectivity index (χ2n) is 6.44. The van der Waals surface area contributed by atoms with Crippen LogP contribution < -0.4 is 5.32 Å². The van der Waals surface area contributed by atoms with Gasteiger partial charge in [0, 0.05) is 35.0 Å². The Kier molecular flexibility index (Phi) is 7.12. The first kappa shape index (κ1) is 23.1.